The highest BCUT2D eigenvalue weighted by molar-refractivity contribution is 6.35. The number of ether oxygens (including phenoxy) is 5. The van der Waals surface area contributed by atoms with Gasteiger partial charge in [0.25, 0.3) is 0 Å². The summed E-state index contributed by atoms with van der Waals surface area (Å²) in [5.74, 6) is 1.28. The Hall–Kier alpha value is -5.87. The quantitative estimate of drug-likeness (QED) is 0.110. The molecule has 14 nitrogen and oxygen atoms in total. The van der Waals surface area contributed by atoms with Crippen LogP contribution in [-0.4, -0.2) is 123 Å². The first-order valence-electron chi connectivity index (χ1n) is 23.8. The molecule has 0 bridgehead atoms. The first-order chi connectivity index (χ1) is 32.9. The van der Waals surface area contributed by atoms with E-state index in [0.29, 0.717) is 50.4 Å². The zero-order valence-corrected chi connectivity index (χ0v) is 41.9. The number of carbonyl (C=O) groups is 1. The summed E-state index contributed by atoms with van der Waals surface area (Å²) in [5.41, 5.74) is 1.20. The number of rotatable bonds is 12. The highest BCUT2D eigenvalue weighted by atomic mass is 35.5. The Morgan fingerprint density at radius 2 is 1.67 bits per heavy atom. The van der Waals surface area contributed by atoms with Gasteiger partial charge in [-0.05, 0) is 109 Å². The summed E-state index contributed by atoms with van der Waals surface area (Å²) in [4.78, 5) is 39.6. The lowest BCUT2D eigenvalue weighted by atomic mass is 9.95. The maximum Gasteiger partial charge on any atom is 0.434 e. The maximum atomic E-state index is 18.0. The molecule has 0 radical (unpaired) electrons. The molecule has 0 unspecified atom stereocenters. The largest absolute Gasteiger partial charge is 0.497 e. The standard InChI is InChI=1S/C52H64ClF2N8O6/c1-11-37-29-60(8)46-41-45(58-49(59-46)67-30-52-21-12-22-62(52)28-36(54)25-52)43(55)44(57-48(41)68-33(4)24-32(3)63(37)50(64)69-51(5,6)7)40-23-31(2)56-47(42(40)53)61(26-34-13-17-38(65-9)18-14-34)27-35-15-19-39(66-10)20-16-35/h13-20,23,32-33,36-37H,8,11-12,21-22,24-30H2,1-7,9-10H3/q+1/t32-,33-,36+,37+,52-/m0/s1. The first kappa shape index (κ1) is 49.5. The monoisotopic (exact) mass is 969 g/mol. The predicted molar refractivity (Wildman–Crippen MR) is 263 cm³/mol. The molecule has 0 saturated carbocycles. The molecule has 2 saturated heterocycles. The number of nitrogens with zero attached hydrogens (tertiary/aromatic N) is 8. The van der Waals surface area contributed by atoms with E-state index < -0.39 is 41.4 Å². The summed E-state index contributed by atoms with van der Waals surface area (Å²) in [6.45, 7) is 19.7. The molecule has 3 aromatic heterocycles. The number of halogens is 3. The summed E-state index contributed by atoms with van der Waals surface area (Å²) in [7, 11) is 3.24. The van der Waals surface area contributed by atoms with E-state index in [4.69, 9.17) is 55.2 Å². The molecule has 5 aromatic rings. The van der Waals surface area contributed by atoms with Crippen LogP contribution in [0.1, 0.15) is 90.5 Å². The number of methoxy groups -OCH3 is 2. The molecule has 8 rings (SSSR count). The molecule has 1 amide bonds. The van der Waals surface area contributed by atoms with E-state index in [9.17, 15) is 9.18 Å². The van der Waals surface area contributed by atoms with Crippen molar-refractivity contribution in [1.29, 1.82) is 0 Å². The zero-order valence-electron chi connectivity index (χ0n) is 41.2. The summed E-state index contributed by atoms with van der Waals surface area (Å²) >= 11 is 7.49. The fourth-order valence-corrected chi connectivity index (χ4v) is 10.3. The number of anilines is 1. The highest BCUT2D eigenvalue weighted by Crippen LogP contribution is 2.44. The Morgan fingerprint density at radius 3 is 2.28 bits per heavy atom. The van der Waals surface area contributed by atoms with Gasteiger partial charge in [0, 0.05) is 54.8 Å². The smallest absolute Gasteiger partial charge is 0.434 e. The van der Waals surface area contributed by atoms with Gasteiger partial charge in [-0.1, -0.05) is 42.8 Å². The van der Waals surface area contributed by atoms with Crippen LogP contribution in [0.4, 0.5) is 25.2 Å². The third kappa shape index (κ3) is 10.7. The molecule has 368 valence electrons. The topological polar surface area (TPSA) is 128 Å². The van der Waals surface area contributed by atoms with Gasteiger partial charge in [0.15, 0.2) is 11.2 Å². The van der Waals surface area contributed by atoms with E-state index in [2.05, 4.69) is 11.6 Å². The average Bonchev–Trinajstić information content (AvgIpc) is 3.84. The van der Waals surface area contributed by atoms with Crippen molar-refractivity contribution < 1.29 is 41.8 Å². The minimum absolute atomic E-state index is 0.0482. The van der Waals surface area contributed by atoms with Crippen molar-refractivity contribution in [2.24, 2.45) is 0 Å². The van der Waals surface area contributed by atoms with Crippen molar-refractivity contribution in [2.75, 3.05) is 45.4 Å². The molecule has 2 aromatic carbocycles. The van der Waals surface area contributed by atoms with E-state index in [1.165, 1.54) is 0 Å². The van der Waals surface area contributed by atoms with Gasteiger partial charge >= 0.3 is 17.9 Å². The van der Waals surface area contributed by atoms with E-state index >= 15 is 4.39 Å². The number of hydrogen-bond donors (Lipinski definition) is 0. The minimum atomic E-state index is -0.984. The Morgan fingerprint density at radius 1 is 1.01 bits per heavy atom. The number of fused-ring (bicyclic) bond motifs is 1. The van der Waals surface area contributed by atoms with Crippen LogP contribution in [0.2, 0.25) is 5.02 Å². The number of aryl methyl sites for hydroxylation is 1. The Bertz CT molecular complexity index is 2640. The van der Waals surface area contributed by atoms with Crippen LogP contribution >= 0.6 is 11.6 Å². The molecule has 6 heterocycles. The van der Waals surface area contributed by atoms with Crippen molar-refractivity contribution in [2.45, 2.75) is 129 Å². The SMILES string of the molecule is C=[N+]1C[C@@H](CC)N(C(=O)OC(C)(C)C)[C@@H](C)C[C@H](C)Oc2nc(-c3cc(C)nc(N(Cc4ccc(OC)cc4)Cc4ccc(OC)cc4)c3Cl)c(F)c3nc(OC[C@@]45CCCN4C[C@H](F)C5)nc1c23. The first-order valence-corrected chi connectivity index (χ1v) is 24.1. The number of pyridine rings is 2. The number of aromatic nitrogens is 4. The lowest BCUT2D eigenvalue weighted by Crippen LogP contribution is -2.51. The molecule has 0 aliphatic carbocycles. The minimum Gasteiger partial charge on any atom is -0.497 e. The molecule has 17 heteroatoms. The van der Waals surface area contributed by atoms with Crippen molar-refractivity contribution in [3.63, 3.8) is 0 Å². The van der Waals surface area contributed by atoms with Crippen LogP contribution < -0.4 is 23.8 Å². The van der Waals surface area contributed by atoms with Gasteiger partial charge in [-0.2, -0.15) is 4.98 Å². The van der Waals surface area contributed by atoms with Gasteiger partial charge in [0.2, 0.25) is 5.88 Å². The number of benzene rings is 2. The molecule has 0 N–H and O–H groups in total. The summed E-state index contributed by atoms with van der Waals surface area (Å²) < 4.78 is 64.6. The van der Waals surface area contributed by atoms with Crippen molar-refractivity contribution >= 4 is 47.0 Å². The van der Waals surface area contributed by atoms with Crippen LogP contribution in [0.15, 0.2) is 54.6 Å². The van der Waals surface area contributed by atoms with E-state index in [1.54, 1.807) is 29.8 Å². The summed E-state index contributed by atoms with van der Waals surface area (Å²) in [6.07, 6.45) is 0.876. The molecule has 69 heavy (non-hydrogen) atoms. The number of hydrogen-bond acceptors (Lipinski definition) is 12. The third-order valence-electron chi connectivity index (χ3n) is 13.3. The maximum absolute atomic E-state index is 18.0. The highest BCUT2D eigenvalue weighted by Gasteiger charge is 2.50. The molecule has 3 aliphatic rings. The number of carbonyl (C=O) groups excluding carboxylic acids is 1. The van der Waals surface area contributed by atoms with Crippen molar-refractivity contribution in [3.05, 3.63) is 82.3 Å². The second-order valence-corrected chi connectivity index (χ2v) is 20.1. The average molecular weight is 971 g/mol. The zero-order chi connectivity index (χ0) is 49.4. The summed E-state index contributed by atoms with van der Waals surface area (Å²) in [6, 6.07) is 16.3. The second kappa shape index (κ2) is 20.2. The van der Waals surface area contributed by atoms with Crippen LogP contribution in [-0.2, 0) is 17.8 Å². The van der Waals surface area contributed by atoms with Crippen molar-refractivity contribution in [3.8, 4) is 34.6 Å². The Balaban J connectivity index is 1.29. The van der Waals surface area contributed by atoms with Gasteiger partial charge < -0.3 is 28.6 Å². The van der Waals surface area contributed by atoms with Gasteiger partial charge in [-0.15, -0.1) is 0 Å². The van der Waals surface area contributed by atoms with Gasteiger partial charge in [-0.3, -0.25) is 9.80 Å². The molecular weight excluding hydrogens is 906 g/mol. The van der Waals surface area contributed by atoms with Crippen LogP contribution in [0.5, 0.6) is 23.4 Å². The van der Waals surface area contributed by atoms with E-state index in [-0.39, 0.29) is 64.1 Å². The van der Waals surface area contributed by atoms with Crippen LogP contribution in [0, 0.1) is 12.7 Å². The Kier molecular flexibility index (Phi) is 14.5. The Labute approximate surface area is 408 Å². The van der Waals surface area contributed by atoms with E-state index in [0.717, 1.165) is 42.0 Å². The predicted octanol–water partition coefficient (Wildman–Crippen LogP) is 10.3. The van der Waals surface area contributed by atoms with Gasteiger partial charge in [0.05, 0.1) is 43.6 Å². The fourth-order valence-electron chi connectivity index (χ4n) is 10.0. The summed E-state index contributed by atoms with van der Waals surface area (Å²) in [5, 5.41) is 0.330. The van der Waals surface area contributed by atoms with Crippen LogP contribution in [0.3, 0.4) is 0 Å². The van der Waals surface area contributed by atoms with Gasteiger partial charge in [-0.25, -0.2) is 28.1 Å². The molecule has 5 atom stereocenters. The number of amides is 1. The lowest BCUT2D eigenvalue weighted by molar-refractivity contribution is -0.441. The van der Waals surface area contributed by atoms with Crippen molar-refractivity contribution in [1.82, 2.24) is 29.7 Å². The number of alkyl halides is 1. The normalized spacial score (nSPS) is 21.9. The third-order valence-corrected chi connectivity index (χ3v) is 13.7. The van der Waals surface area contributed by atoms with Crippen LogP contribution in [0.25, 0.3) is 22.2 Å². The molecule has 0 spiro atoms. The molecule has 2 fully saturated rings. The van der Waals surface area contributed by atoms with E-state index in [1.807, 2.05) is 102 Å². The second-order valence-electron chi connectivity index (χ2n) is 19.7. The molecular formula is C52H64ClF2N8O6+. The molecule has 3 aliphatic heterocycles. The van der Waals surface area contributed by atoms with Gasteiger partial charge in [0.1, 0.15) is 53.5 Å². The lowest BCUT2D eigenvalue weighted by Gasteiger charge is -2.37. The fraction of sp³-hybridized carbons (Fsp3) is 0.500.